The molecule has 0 amide bonds. The first kappa shape index (κ1) is 11.0. The van der Waals surface area contributed by atoms with Gasteiger partial charge in [-0.15, -0.1) is 0 Å². The van der Waals surface area contributed by atoms with Crippen molar-refractivity contribution >= 4 is 11.9 Å². The van der Waals surface area contributed by atoms with E-state index in [1.165, 1.54) is 0 Å². The van der Waals surface area contributed by atoms with Crippen LogP contribution in [0.3, 0.4) is 0 Å². The number of esters is 1. The molecule has 0 spiro atoms. The Morgan fingerprint density at radius 1 is 1.64 bits per heavy atom. The van der Waals surface area contributed by atoms with E-state index in [1.54, 1.807) is 6.92 Å². The monoisotopic (exact) mass is 202 g/mol. The quantitative estimate of drug-likeness (QED) is 0.524. The van der Waals surface area contributed by atoms with E-state index in [4.69, 9.17) is 14.6 Å². The summed E-state index contributed by atoms with van der Waals surface area (Å²) in [4.78, 5) is 22.2. The zero-order valence-corrected chi connectivity index (χ0v) is 8.06. The molecular formula is C9H14O5. The molecule has 0 aromatic rings. The molecule has 5 nitrogen and oxygen atoms in total. The van der Waals surface area contributed by atoms with Crippen LogP contribution in [-0.4, -0.2) is 36.9 Å². The molecule has 1 fully saturated rings. The molecule has 1 saturated heterocycles. The predicted octanol–water partition coefficient (Wildman–Crippen LogP) is 0.287. The predicted molar refractivity (Wildman–Crippen MR) is 46.7 cm³/mol. The molecule has 1 aliphatic heterocycles. The molecule has 1 heterocycles. The van der Waals surface area contributed by atoms with Crippen molar-refractivity contribution in [3.63, 3.8) is 0 Å². The van der Waals surface area contributed by atoms with Crippen LogP contribution in [0.5, 0.6) is 0 Å². The maximum absolute atomic E-state index is 11.3. The molecule has 0 aromatic heterocycles. The number of carboxylic acids is 1. The SMILES string of the molecule is CCOC(=O)C(C(=O)O)C1CCOC1. The Balaban J connectivity index is 2.62. The van der Waals surface area contributed by atoms with Crippen LogP contribution in [0, 0.1) is 11.8 Å². The van der Waals surface area contributed by atoms with Crippen LogP contribution in [0.25, 0.3) is 0 Å². The fraction of sp³-hybridized carbons (Fsp3) is 0.778. The van der Waals surface area contributed by atoms with Gasteiger partial charge in [0.15, 0.2) is 5.92 Å². The Hall–Kier alpha value is -1.10. The Morgan fingerprint density at radius 2 is 2.36 bits per heavy atom. The van der Waals surface area contributed by atoms with Crippen molar-refractivity contribution < 1.29 is 24.2 Å². The third kappa shape index (κ3) is 2.45. The number of carbonyl (C=O) groups is 2. The summed E-state index contributed by atoms with van der Waals surface area (Å²) >= 11 is 0. The third-order valence-electron chi connectivity index (χ3n) is 2.24. The van der Waals surface area contributed by atoms with E-state index in [1.807, 2.05) is 0 Å². The fourth-order valence-corrected chi connectivity index (χ4v) is 1.54. The zero-order chi connectivity index (χ0) is 10.6. The molecule has 0 aromatic carbocycles. The lowest BCUT2D eigenvalue weighted by molar-refractivity contribution is -0.161. The van der Waals surface area contributed by atoms with Crippen LogP contribution < -0.4 is 0 Å². The number of hydrogen-bond acceptors (Lipinski definition) is 4. The van der Waals surface area contributed by atoms with Crippen molar-refractivity contribution in [3.05, 3.63) is 0 Å². The topological polar surface area (TPSA) is 72.8 Å². The molecule has 0 bridgehead atoms. The van der Waals surface area contributed by atoms with Gasteiger partial charge in [-0.05, 0) is 13.3 Å². The average molecular weight is 202 g/mol. The van der Waals surface area contributed by atoms with E-state index >= 15 is 0 Å². The lowest BCUT2D eigenvalue weighted by Gasteiger charge is -2.15. The van der Waals surface area contributed by atoms with Gasteiger partial charge in [0.2, 0.25) is 0 Å². The minimum absolute atomic E-state index is 0.205. The van der Waals surface area contributed by atoms with Gasteiger partial charge in [0.25, 0.3) is 0 Å². The number of ether oxygens (including phenoxy) is 2. The highest BCUT2D eigenvalue weighted by atomic mass is 16.5. The van der Waals surface area contributed by atoms with E-state index in [9.17, 15) is 9.59 Å². The van der Waals surface area contributed by atoms with E-state index < -0.39 is 17.9 Å². The molecule has 2 unspecified atom stereocenters. The Bertz CT molecular complexity index is 219. The molecule has 0 saturated carbocycles. The number of hydrogen-bond donors (Lipinski definition) is 1. The van der Waals surface area contributed by atoms with Crippen LogP contribution in [0.1, 0.15) is 13.3 Å². The molecule has 0 aliphatic carbocycles. The van der Waals surface area contributed by atoms with Gasteiger partial charge >= 0.3 is 11.9 Å². The van der Waals surface area contributed by atoms with Crippen molar-refractivity contribution in [1.82, 2.24) is 0 Å². The molecule has 1 aliphatic rings. The van der Waals surface area contributed by atoms with Gasteiger partial charge < -0.3 is 14.6 Å². The van der Waals surface area contributed by atoms with Crippen LogP contribution in [0.15, 0.2) is 0 Å². The highest BCUT2D eigenvalue weighted by Crippen LogP contribution is 2.23. The van der Waals surface area contributed by atoms with Gasteiger partial charge in [0, 0.05) is 12.5 Å². The minimum atomic E-state index is -1.13. The second kappa shape index (κ2) is 4.95. The van der Waals surface area contributed by atoms with Gasteiger partial charge in [-0.2, -0.15) is 0 Å². The van der Waals surface area contributed by atoms with Crippen molar-refractivity contribution in [2.75, 3.05) is 19.8 Å². The Morgan fingerprint density at radius 3 is 2.79 bits per heavy atom. The first-order chi connectivity index (χ1) is 6.66. The van der Waals surface area contributed by atoms with Crippen molar-refractivity contribution in [2.45, 2.75) is 13.3 Å². The van der Waals surface area contributed by atoms with Gasteiger partial charge in [-0.25, -0.2) is 0 Å². The second-order valence-corrected chi connectivity index (χ2v) is 3.19. The first-order valence-corrected chi connectivity index (χ1v) is 4.64. The highest BCUT2D eigenvalue weighted by molar-refractivity contribution is 5.94. The second-order valence-electron chi connectivity index (χ2n) is 3.19. The maximum atomic E-state index is 11.3. The van der Waals surface area contributed by atoms with Gasteiger partial charge in [0.1, 0.15) is 0 Å². The van der Waals surface area contributed by atoms with Crippen LogP contribution in [-0.2, 0) is 19.1 Å². The normalized spacial score (nSPS) is 23.1. The number of rotatable bonds is 4. The lowest BCUT2D eigenvalue weighted by Crippen LogP contribution is -2.33. The first-order valence-electron chi connectivity index (χ1n) is 4.64. The van der Waals surface area contributed by atoms with Crippen LogP contribution in [0.4, 0.5) is 0 Å². The molecule has 5 heteroatoms. The summed E-state index contributed by atoms with van der Waals surface area (Å²) in [7, 11) is 0. The van der Waals surface area contributed by atoms with Crippen molar-refractivity contribution in [3.8, 4) is 0 Å². The van der Waals surface area contributed by atoms with Crippen LogP contribution in [0.2, 0.25) is 0 Å². The molecule has 0 radical (unpaired) electrons. The molecule has 1 rings (SSSR count). The zero-order valence-electron chi connectivity index (χ0n) is 8.06. The van der Waals surface area contributed by atoms with Crippen molar-refractivity contribution in [2.24, 2.45) is 11.8 Å². The fourth-order valence-electron chi connectivity index (χ4n) is 1.54. The smallest absolute Gasteiger partial charge is 0.320 e. The van der Waals surface area contributed by atoms with E-state index in [0.29, 0.717) is 19.6 Å². The average Bonchev–Trinajstić information content (AvgIpc) is 2.57. The van der Waals surface area contributed by atoms with Gasteiger partial charge in [0.05, 0.1) is 13.2 Å². The largest absolute Gasteiger partial charge is 0.481 e. The summed E-state index contributed by atoms with van der Waals surface area (Å²) in [5.74, 6) is -3.10. The highest BCUT2D eigenvalue weighted by Gasteiger charge is 2.38. The van der Waals surface area contributed by atoms with Crippen molar-refractivity contribution in [1.29, 1.82) is 0 Å². The minimum Gasteiger partial charge on any atom is -0.481 e. The summed E-state index contributed by atoms with van der Waals surface area (Å²) in [5.41, 5.74) is 0. The summed E-state index contributed by atoms with van der Waals surface area (Å²) in [6.07, 6.45) is 0.607. The number of aliphatic carboxylic acids is 1. The van der Waals surface area contributed by atoms with Gasteiger partial charge in [-0.1, -0.05) is 0 Å². The molecule has 2 atom stereocenters. The summed E-state index contributed by atoms with van der Waals surface area (Å²) < 4.78 is 9.75. The standard InChI is InChI=1S/C9H14O5/c1-2-14-9(12)7(8(10)11)6-3-4-13-5-6/h6-7H,2-5H2,1H3,(H,10,11). The van der Waals surface area contributed by atoms with Gasteiger partial charge in [-0.3, -0.25) is 9.59 Å². The molecule has 14 heavy (non-hydrogen) atoms. The lowest BCUT2D eigenvalue weighted by atomic mass is 9.92. The summed E-state index contributed by atoms with van der Waals surface area (Å²) in [5, 5.41) is 8.87. The third-order valence-corrected chi connectivity index (χ3v) is 2.24. The molecular weight excluding hydrogens is 188 g/mol. The molecule has 1 N–H and O–H groups in total. The van der Waals surface area contributed by atoms with E-state index in [2.05, 4.69) is 0 Å². The van der Waals surface area contributed by atoms with E-state index in [-0.39, 0.29) is 12.5 Å². The molecule has 80 valence electrons. The number of carbonyl (C=O) groups excluding carboxylic acids is 1. The van der Waals surface area contributed by atoms with E-state index in [0.717, 1.165) is 0 Å². The number of carboxylic acid groups (broad SMARTS) is 1. The maximum Gasteiger partial charge on any atom is 0.320 e. The van der Waals surface area contributed by atoms with Crippen LogP contribution >= 0.6 is 0 Å². The summed E-state index contributed by atoms with van der Waals surface area (Å²) in [6, 6.07) is 0. The summed E-state index contributed by atoms with van der Waals surface area (Å²) in [6.45, 7) is 2.71. The Labute approximate surface area is 82.0 Å². The Kier molecular flexibility index (Phi) is 3.88.